The molecular weight excluding hydrogens is 654 g/mol. The predicted octanol–water partition coefficient (Wildman–Crippen LogP) is 3.94. The Labute approximate surface area is 288 Å². The van der Waals surface area contributed by atoms with Crippen LogP contribution in [-0.2, 0) is 29.4 Å². The average Bonchev–Trinajstić information content (AvgIpc) is 3.06. The fourth-order valence-electron chi connectivity index (χ4n) is 5.40. The first kappa shape index (κ1) is 39.7. The quantitative estimate of drug-likeness (QED) is 0.127. The van der Waals surface area contributed by atoms with Crippen molar-refractivity contribution in [3.63, 3.8) is 0 Å². The van der Waals surface area contributed by atoms with E-state index in [1.54, 1.807) is 4.90 Å². The lowest BCUT2D eigenvalue weighted by Crippen LogP contribution is -2.48. The van der Waals surface area contributed by atoms with Gasteiger partial charge in [-0.15, -0.1) is 0 Å². The second-order valence-corrected chi connectivity index (χ2v) is 13.9. The number of carbonyl (C=O) groups excluding carboxylic acids is 2. The third kappa shape index (κ3) is 12.0. The Morgan fingerprint density at radius 3 is 2.12 bits per heavy atom. The molecule has 0 fully saturated rings. The molecule has 3 atom stereocenters. The van der Waals surface area contributed by atoms with Crippen molar-refractivity contribution in [3.05, 3.63) is 100 Å². The molecule has 5 N–H and O–H groups in total. The van der Waals surface area contributed by atoms with Crippen LogP contribution in [0.4, 0.5) is 8.78 Å². The Hall–Kier alpha value is -3.75. The van der Waals surface area contributed by atoms with E-state index in [4.69, 9.17) is 0 Å². The first-order chi connectivity index (χ1) is 23.3. The average molecular weight is 703 g/mol. The largest absolute Gasteiger partial charge is 0.395 e. The van der Waals surface area contributed by atoms with Crippen molar-refractivity contribution in [2.24, 2.45) is 0 Å². The highest BCUT2D eigenvalue weighted by molar-refractivity contribution is 7.89. The van der Waals surface area contributed by atoms with Crippen LogP contribution in [0.3, 0.4) is 0 Å². The number of aliphatic hydroxyl groups is 2. The summed E-state index contributed by atoms with van der Waals surface area (Å²) in [4.78, 5) is 28.6. The molecule has 2 amide bonds. The maximum atomic E-state index is 14.1. The number of halogens is 2. The van der Waals surface area contributed by atoms with Gasteiger partial charge in [-0.25, -0.2) is 21.9 Å². The van der Waals surface area contributed by atoms with E-state index < -0.39 is 58.3 Å². The number of benzene rings is 3. The van der Waals surface area contributed by atoms with E-state index in [-0.39, 0.29) is 34.6 Å². The number of nitrogens with zero attached hydrogens (tertiary/aromatic N) is 1. The number of sulfonamides is 1. The van der Waals surface area contributed by atoms with Gasteiger partial charge in [-0.2, -0.15) is 0 Å². The highest BCUT2D eigenvalue weighted by Crippen LogP contribution is 2.20. The van der Waals surface area contributed by atoms with Crippen LogP contribution in [-0.4, -0.2) is 79.8 Å². The zero-order chi connectivity index (χ0) is 36.1. The van der Waals surface area contributed by atoms with E-state index in [0.717, 1.165) is 41.8 Å². The van der Waals surface area contributed by atoms with Gasteiger partial charge < -0.3 is 25.7 Å². The molecule has 0 heterocycles. The van der Waals surface area contributed by atoms with Crippen molar-refractivity contribution in [3.8, 4) is 0 Å². The minimum Gasteiger partial charge on any atom is -0.395 e. The first-order valence-electron chi connectivity index (χ1n) is 16.6. The highest BCUT2D eigenvalue weighted by Gasteiger charge is 2.27. The number of rotatable bonds is 19. The van der Waals surface area contributed by atoms with E-state index in [1.165, 1.54) is 19.1 Å². The monoisotopic (exact) mass is 702 g/mol. The number of carbonyl (C=O) groups is 2. The minimum absolute atomic E-state index is 0.00319. The van der Waals surface area contributed by atoms with Crippen LogP contribution in [0.2, 0.25) is 0 Å². The third-order valence-electron chi connectivity index (χ3n) is 7.87. The molecule has 0 radical (unpaired) electrons. The molecular formula is C36H48F2N4O6S. The molecule has 268 valence electrons. The van der Waals surface area contributed by atoms with Gasteiger partial charge in [0.2, 0.25) is 10.0 Å². The summed E-state index contributed by atoms with van der Waals surface area (Å²) >= 11 is 0. The van der Waals surface area contributed by atoms with Gasteiger partial charge in [-0.05, 0) is 79.6 Å². The molecule has 3 aromatic carbocycles. The molecule has 13 heteroatoms. The van der Waals surface area contributed by atoms with Crippen LogP contribution in [0.15, 0.2) is 65.6 Å². The van der Waals surface area contributed by atoms with E-state index in [1.807, 2.05) is 45.0 Å². The molecule has 0 aliphatic rings. The van der Waals surface area contributed by atoms with Crippen molar-refractivity contribution in [1.29, 1.82) is 0 Å². The van der Waals surface area contributed by atoms with Crippen molar-refractivity contribution < 1.29 is 37.0 Å². The molecule has 0 aromatic heterocycles. The van der Waals surface area contributed by atoms with Crippen LogP contribution < -0.4 is 15.4 Å². The van der Waals surface area contributed by atoms with Gasteiger partial charge in [-0.1, -0.05) is 45.0 Å². The second-order valence-electron chi connectivity index (χ2n) is 12.2. The zero-order valence-electron chi connectivity index (χ0n) is 28.5. The molecule has 49 heavy (non-hydrogen) atoms. The Kier molecular flexibility index (Phi) is 15.3. The molecule has 0 aliphatic carbocycles. The molecule has 0 saturated carbocycles. The first-order valence-corrected chi connectivity index (χ1v) is 18.1. The standard InChI is InChI=1S/C36H48F2N4O6S/c1-5-11-42(12-6-2)36(46)29-17-28(18-32(19-29)49(47,48)41-24(4)23-43)35(45)40-33(16-27-14-30(37)20-31(38)15-27)34(44)22-39-21-26-10-8-9-25(7-3)13-26/h8-10,13-15,17-20,24,33-34,39,41,43-44H,5-7,11-12,16,21-23H2,1-4H3,(H,40,45)/t24-,33-,34+/m0/s1. The lowest BCUT2D eigenvalue weighted by Gasteiger charge is -2.26. The smallest absolute Gasteiger partial charge is 0.253 e. The summed E-state index contributed by atoms with van der Waals surface area (Å²) in [5, 5.41) is 26.6. The minimum atomic E-state index is -4.28. The van der Waals surface area contributed by atoms with Gasteiger partial charge in [0.25, 0.3) is 11.8 Å². The third-order valence-corrected chi connectivity index (χ3v) is 9.44. The van der Waals surface area contributed by atoms with E-state index in [2.05, 4.69) is 15.4 Å². The Morgan fingerprint density at radius 1 is 0.878 bits per heavy atom. The van der Waals surface area contributed by atoms with E-state index in [9.17, 15) is 37.0 Å². The summed E-state index contributed by atoms with van der Waals surface area (Å²) < 4.78 is 57.1. The molecule has 0 unspecified atom stereocenters. The highest BCUT2D eigenvalue weighted by atomic mass is 32.2. The van der Waals surface area contributed by atoms with Crippen molar-refractivity contribution in [2.75, 3.05) is 26.2 Å². The predicted molar refractivity (Wildman–Crippen MR) is 185 cm³/mol. The van der Waals surface area contributed by atoms with E-state index >= 15 is 0 Å². The maximum absolute atomic E-state index is 14.1. The van der Waals surface area contributed by atoms with Gasteiger partial charge in [-0.3, -0.25) is 9.59 Å². The lowest BCUT2D eigenvalue weighted by atomic mass is 9.99. The van der Waals surface area contributed by atoms with Crippen molar-refractivity contribution in [2.45, 2.75) is 83.0 Å². The molecule has 0 spiro atoms. The van der Waals surface area contributed by atoms with Crippen LogP contribution >= 0.6 is 0 Å². The summed E-state index contributed by atoms with van der Waals surface area (Å²) in [5.41, 5.74) is 2.10. The van der Waals surface area contributed by atoms with Gasteiger partial charge in [0.1, 0.15) is 11.6 Å². The zero-order valence-corrected chi connectivity index (χ0v) is 29.3. The second kappa shape index (κ2) is 18.9. The Morgan fingerprint density at radius 2 is 1.51 bits per heavy atom. The van der Waals surface area contributed by atoms with Crippen molar-refractivity contribution >= 4 is 21.8 Å². The topological polar surface area (TPSA) is 148 Å². The summed E-state index contributed by atoms with van der Waals surface area (Å²) in [6, 6.07) is 12.5. The number of amides is 2. The van der Waals surface area contributed by atoms with Gasteiger partial charge in [0.05, 0.1) is 23.6 Å². The normalized spacial score (nSPS) is 13.5. The fraction of sp³-hybridized carbons (Fsp3) is 0.444. The summed E-state index contributed by atoms with van der Waals surface area (Å²) in [6.07, 6.45) is 0.773. The molecule has 0 aliphatic heterocycles. The van der Waals surface area contributed by atoms with Gasteiger partial charge in [0.15, 0.2) is 0 Å². The van der Waals surface area contributed by atoms with Crippen LogP contribution in [0.1, 0.15) is 77.9 Å². The molecule has 0 saturated heterocycles. The van der Waals surface area contributed by atoms with E-state index in [0.29, 0.717) is 32.5 Å². The molecule has 3 aromatic rings. The summed E-state index contributed by atoms with van der Waals surface area (Å²) in [6.45, 7) is 8.08. The number of aliphatic hydroxyl groups excluding tert-OH is 2. The number of hydrogen-bond acceptors (Lipinski definition) is 7. The summed E-state index contributed by atoms with van der Waals surface area (Å²) in [5.74, 6) is -2.92. The fourth-order valence-corrected chi connectivity index (χ4v) is 6.70. The SMILES string of the molecule is CCCN(CCC)C(=O)c1cc(C(=O)N[C@@H](Cc2cc(F)cc(F)c2)[C@H](O)CNCc2cccc(CC)c2)cc(S(=O)(=O)N[C@@H](C)CO)c1. The van der Waals surface area contributed by atoms with Gasteiger partial charge >= 0.3 is 0 Å². The molecule has 0 bridgehead atoms. The number of nitrogens with one attached hydrogen (secondary N) is 3. The molecule has 3 rings (SSSR count). The Balaban J connectivity index is 1.98. The maximum Gasteiger partial charge on any atom is 0.253 e. The molecule has 10 nitrogen and oxygen atoms in total. The number of hydrogen-bond donors (Lipinski definition) is 5. The van der Waals surface area contributed by atoms with Gasteiger partial charge in [0, 0.05) is 49.4 Å². The number of aryl methyl sites for hydroxylation is 1. The van der Waals surface area contributed by atoms with Crippen LogP contribution in [0, 0.1) is 11.6 Å². The van der Waals surface area contributed by atoms with Crippen LogP contribution in [0.5, 0.6) is 0 Å². The Bertz CT molecular complexity index is 1650. The lowest BCUT2D eigenvalue weighted by molar-refractivity contribution is 0.0755. The summed E-state index contributed by atoms with van der Waals surface area (Å²) in [7, 11) is -4.28. The van der Waals surface area contributed by atoms with Crippen molar-refractivity contribution in [1.82, 2.24) is 20.3 Å². The van der Waals surface area contributed by atoms with Crippen LogP contribution in [0.25, 0.3) is 0 Å².